The summed E-state index contributed by atoms with van der Waals surface area (Å²) in [5.74, 6) is -0.349. The van der Waals surface area contributed by atoms with Crippen LogP contribution in [0.4, 0.5) is 0 Å². The molecule has 1 aliphatic carbocycles. The molecule has 150 valence electrons. The first-order valence-corrected chi connectivity index (χ1v) is 10.6. The van der Waals surface area contributed by atoms with E-state index in [1.54, 1.807) is 13.8 Å². The predicted molar refractivity (Wildman–Crippen MR) is 116 cm³/mol. The molecule has 0 saturated heterocycles. The first-order chi connectivity index (χ1) is 13.3. The fraction of sp³-hybridized carbons (Fsp3) is 0.458. The molecule has 0 heterocycles. The SMILES string of the molecule is CC(C)(O)c1ccccc1CCC(c1ccccc1)C(CS)(C(=O)O)C1CC1. The van der Waals surface area contributed by atoms with E-state index in [2.05, 4.69) is 12.6 Å². The number of aliphatic carboxylic acids is 1. The lowest BCUT2D eigenvalue weighted by atomic mass is 9.67. The van der Waals surface area contributed by atoms with E-state index in [4.69, 9.17) is 0 Å². The van der Waals surface area contributed by atoms with Gasteiger partial charge in [-0.1, -0.05) is 54.6 Å². The Hall–Kier alpha value is -1.78. The number of thiol groups is 1. The van der Waals surface area contributed by atoms with Crippen molar-refractivity contribution < 1.29 is 15.0 Å². The maximum atomic E-state index is 12.5. The Labute approximate surface area is 173 Å². The summed E-state index contributed by atoms with van der Waals surface area (Å²) in [4.78, 5) is 12.5. The summed E-state index contributed by atoms with van der Waals surface area (Å²) in [5.41, 5.74) is 1.26. The molecule has 0 aromatic heterocycles. The van der Waals surface area contributed by atoms with E-state index >= 15 is 0 Å². The lowest BCUT2D eigenvalue weighted by Gasteiger charge is -2.37. The van der Waals surface area contributed by atoms with Gasteiger partial charge in [0, 0.05) is 11.7 Å². The van der Waals surface area contributed by atoms with E-state index in [0.717, 1.165) is 36.0 Å². The fourth-order valence-corrected chi connectivity index (χ4v) is 5.17. The molecule has 0 amide bonds. The first kappa shape index (κ1) is 20.9. The third-order valence-electron chi connectivity index (χ3n) is 6.17. The van der Waals surface area contributed by atoms with Gasteiger partial charge in [0.1, 0.15) is 0 Å². The lowest BCUT2D eigenvalue weighted by molar-refractivity contribution is -0.150. The van der Waals surface area contributed by atoms with Crippen LogP contribution in [0.3, 0.4) is 0 Å². The summed E-state index contributed by atoms with van der Waals surface area (Å²) in [6, 6.07) is 17.9. The van der Waals surface area contributed by atoms with Gasteiger partial charge in [0.2, 0.25) is 0 Å². The monoisotopic (exact) mass is 398 g/mol. The van der Waals surface area contributed by atoms with Crippen LogP contribution in [0, 0.1) is 11.3 Å². The predicted octanol–water partition coefficient (Wildman–Crippen LogP) is 5.04. The number of carboxylic acid groups (broad SMARTS) is 1. The zero-order chi connectivity index (χ0) is 20.4. The Kier molecular flexibility index (Phi) is 6.21. The summed E-state index contributed by atoms with van der Waals surface area (Å²) in [6.07, 6.45) is 3.34. The van der Waals surface area contributed by atoms with E-state index in [-0.39, 0.29) is 11.8 Å². The van der Waals surface area contributed by atoms with Crippen molar-refractivity contribution in [2.75, 3.05) is 5.75 Å². The van der Waals surface area contributed by atoms with Crippen LogP contribution in [-0.4, -0.2) is 21.9 Å². The van der Waals surface area contributed by atoms with Crippen LogP contribution in [0.1, 0.15) is 55.7 Å². The molecule has 1 aliphatic rings. The normalized spacial score (nSPS) is 17.7. The molecule has 0 aliphatic heterocycles. The van der Waals surface area contributed by atoms with Crippen LogP contribution in [0.2, 0.25) is 0 Å². The van der Waals surface area contributed by atoms with Crippen molar-refractivity contribution in [1.29, 1.82) is 0 Å². The van der Waals surface area contributed by atoms with Gasteiger partial charge in [0.05, 0.1) is 11.0 Å². The second-order valence-corrected chi connectivity index (χ2v) is 8.81. The molecular formula is C24H30O3S. The minimum atomic E-state index is -0.928. The molecule has 3 rings (SSSR count). The highest BCUT2D eigenvalue weighted by Gasteiger charge is 2.55. The molecule has 0 spiro atoms. The number of hydrogen-bond acceptors (Lipinski definition) is 3. The Bertz CT molecular complexity index is 808. The molecule has 0 radical (unpaired) electrons. The van der Waals surface area contributed by atoms with Crippen LogP contribution in [0.15, 0.2) is 54.6 Å². The highest BCUT2D eigenvalue weighted by molar-refractivity contribution is 7.80. The number of rotatable bonds is 9. The van der Waals surface area contributed by atoms with Gasteiger partial charge in [-0.05, 0) is 62.1 Å². The molecule has 2 atom stereocenters. The van der Waals surface area contributed by atoms with E-state index < -0.39 is 17.0 Å². The molecule has 0 bridgehead atoms. The minimum Gasteiger partial charge on any atom is -0.481 e. The van der Waals surface area contributed by atoms with Crippen molar-refractivity contribution in [1.82, 2.24) is 0 Å². The average Bonchev–Trinajstić information content (AvgIpc) is 3.50. The number of carboxylic acids is 1. The number of aryl methyl sites for hydroxylation is 1. The van der Waals surface area contributed by atoms with Gasteiger partial charge in [-0.25, -0.2) is 0 Å². The van der Waals surface area contributed by atoms with E-state index in [0.29, 0.717) is 12.2 Å². The number of benzene rings is 2. The summed E-state index contributed by atoms with van der Waals surface area (Å²) >= 11 is 4.54. The third kappa shape index (κ3) is 4.13. The smallest absolute Gasteiger partial charge is 0.311 e. The molecule has 2 aromatic carbocycles. The summed E-state index contributed by atoms with van der Waals surface area (Å²) in [7, 11) is 0. The Morgan fingerprint density at radius 3 is 2.25 bits per heavy atom. The zero-order valence-electron chi connectivity index (χ0n) is 16.6. The summed E-state index contributed by atoms with van der Waals surface area (Å²) < 4.78 is 0. The quantitative estimate of drug-likeness (QED) is 0.519. The van der Waals surface area contributed by atoms with E-state index in [1.165, 1.54) is 0 Å². The van der Waals surface area contributed by atoms with Crippen molar-refractivity contribution in [3.63, 3.8) is 0 Å². The van der Waals surface area contributed by atoms with Gasteiger partial charge in [-0.2, -0.15) is 12.6 Å². The molecular weight excluding hydrogens is 368 g/mol. The first-order valence-electron chi connectivity index (χ1n) is 10.0. The Morgan fingerprint density at radius 1 is 1.11 bits per heavy atom. The highest BCUT2D eigenvalue weighted by Crippen LogP contribution is 2.55. The van der Waals surface area contributed by atoms with Crippen LogP contribution in [0.25, 0.3) is 0 Å². The summed E-state index contributed by atoms with van der Waals surface area (Å²) in [6.45, 7) is 3.58. The Balaban J connectivity index is 1.97. The van der Waals surface area contributed by atoms with Gasteiger partial charge in [0.15, 0.2) is 0 Å². The maximum Gasteiger partial charge on any atom is 0.311 e. The van der Waals surface area contributed by atoms with Crippen LogP contribution in [-0.2, 0) is 16.8 Å². The van der Waals surface area contributed by atoms with Crippen molar-refractivity contribution in [2.45, 2.75) is 51.0 Å². The number of aliphatic hydroxyl groups is 1. The lowest BCUT2D eigenvalue weighted by Crippen LogP contribution is -2.41. The molecule has 28 heavy (non-hydrogen) atoms. The van der Waals surface area contributed by atoms with Crippen molar-refractivity contribution in [3.8, 4) is 0 Å². The van der Waals surface area contributed by atoms with Gasteiger partial charge < -0.3 is 10.2 Å². The summed E-state index contributed by atoms with van der Waals surface area (Å²) in [5, 5.41) is 20.8. The van der Waals surface area contributed by atoms with E-state index in [1.807, 2.05) is 54.6 Å². The van der Waals surface area contributed by atoms with Crippen molar-refractivity contribution >= 4 is 18.6 Å². The maximum absolute atomic E-state index is 12.5. The molecule has 2 aromatic rings. The van der Waals surface area contributed by atoms with Gasteiger partial charge in [0.25, 0.3) is 0 Å². The van der Waals surface area contributed by atoms with Crippen molar-refractivity contribution in [2.24, 2.45) is 11.3 Å². The third-order valence-corrected chi connectivity index (χ3v) is 6.69. The number of carbonyl (C=O) groups is 1. The van der Waals surface area contributed by atoms with E-state index in [9.17, 15) is 15.0 Å². The molecule has 1 fully saturated rings. The minimum absolute atomic E-state index is 0.119. The van der Waals surface area contributed by atoms with Crippen LogP contribution < -0.4 is 0 Å². The zero-order valence-corrected chi connectivity index (χ0v) is 17.5. The molecule has 2 unspecified atom stereocenters. The standard InChI is InChI=1S/C24H30O3S/c1-23(2,27)20-11-7-6-10-18(20)12-15-21(17-8-4-3-5-9-17)24(16-28,22(25)26)19-13-14-19/h3-11,19,21,27-28H,12-16H2,1-2H3,(H,25,26). The molecule has 3 nitrogen and oxygen atoms in total. The van der Waals surface area contributed by atoms with Gasteiger partial charge >= 0.3 is 5.97 Å². The van der Waals surface area contributed by atoms with Crippen molar-refractivity contribution in [3.05, 3.63) is 71.3 Å². The Morgan fingerprint density at radius 2 is 1.71 bits per heavy atom. The number of hydrogen-bond donors (Lipinski definition) is 3. The molecule has 4 heteroatoms. The van der Waals surface area contributed by atoms with Crippen LogP contribution >= 0.6 is 12.6 Å². The fourth-order valence-electron chi connectivity index (χ4n) is 4.56. The van der Waals surface area contributed by atoms with Gasteiger partial charge in [-0.3, -0.25) is 4.79 Å². The second kappa shape index (κ2) is 8.30. The topological polar surface area (TPSA) is 57.5 Å². The largest absolute Gasteiger partial charge is 0.481 e. The average molecular weight is 399 g/mol. The highest BCUT2D eigenvalue weighted by atomic mass is 32.1. The van der Waals surface area contributed by atoms with Gasteiger partial charge in [-0.15, -0.1) is 0 Å². The molecule has 1 saturated carbocycles. The van der Waals surface area contributed by atoms with Crippen LogP contribution in [0.5, 0.6) is 0 Å². The molecule has 2 N–H and O–H groups in total. The second-order valence-electron chi connectivity index (χ2n) is 8.50.